The number of benzene rings is 1. The van der Waals surface area contributed by atoms with Gasteiger partial charge in [-0.2, -0.15) is 0 Å². The van der Waals surface area contributed by atoms with E-state index in [0.717, 1.165) is 42.8 Å². The van der Waals surface area contributed by atoms with Gasteiger partial charge >= 0.3 is 0 Å². The summed E-state index contributed by atoms with van der Waals surface area (Å²) in [5.41, 5.74) is 2.06. The molecule has 3 rings (SSSR count). The summed E-state index contributed by atoms with van der Waals surface area (Å²) in [6, 6.07) is 8.93. The predicted octanol–water partition coefficient (Wildman–Crippen LogP) is 3.40. The third-order valence-electron chi connectivity index (χ3n) is 4.96. The van der Waals surface area contributed by atoms with E-state index >= 15 is 0 Å². The number of rotatable bonds is 6. The summed E-state index contributed by atoms with van der Waals surface area (Å²) in [6.07, 6.45) is 5.15. The summed E-state index contributed by atoms with van der Waals surface area (Å²) in [5, 5.41) is 0. The second-order valence-electron chi connectivity index (χ2n) is 6.73. The lowest BCUT2D eigenvalue weighted by molar-refractivity contribution is 0.147. The zero-order valence-electron chi connectivity index (χ0n) is 14.9. The van der Waals surface area contributed by atoms with E-state index in [9.17, 15) is 8.42 Å². The summed E-state index contributed by atoms with van der Waals surface area (Å²) >= 11 is 0. The zero-order valence-corrected chi connectivity index (χ0v) is 15.7. The predicted molar refractivity (Wildman–Crippen MR) is 98.0 cm³/mol. The van der Waals surface area contributed by atoms with Gasteiger partial charge in [0.15, 0.2) is 0 Å². The Labute approximate surface area is 150 Å². The van der Waals surface area contributed by atoms with Crippen LogP contribution >= 0.6 is 0 Å². The van der Waals surface area contributed by atoms with Crippen LogP contribution in [0, 0.1) is 13.8 Å². The number of piperidine rings is 1. The first-order valence-corrected chi connectivity index (χ1v) is 10.3. The number of nitrogens with zero attached hydrogens (tertiary/aromatic N) is 1. The van der Waals surface area contributed by atoms with Gasteiger partial charge in [-0.05, 0) is 75.2 Å². The Morgan fingerprint density at radius 3 is 2.52 bits per heavy atom. The third-order valence-corrected chi connectivity index (χ3v) is 6.38. The molecule has 1 aromatic heterocycles. The molecule has 1 aromatic carbocycles. The van der Waals surface area contributed by atoms with Crippen molar-refractivity contribution in [3.05, 3.63) is 53.5 Å². The molecule has 1 aliphatic heterocycles. The van der Waals surface area contributed by atoms with E-state index in [2.05, 4.69) is 9.62 Å². The van der Waals surface area contributed by atoms with E-state index in [0.29, 0.717) is 11.4 Å². The second kappa shape index (κ2) is 7.72. The number of likely N-dealkylation sites (tertiary alicyclic amines) is 1. The van der Waals surface area contributed by atoms with Crippen molar-refractivity contribution in [3.8, 4) is 0 Å². The van der Waals surface area contributed by atoms with Gasteiger partial charge in [0.25, 0.3) is 0 Å². The molecule has 2 heterocycles. The van der Waals surface area contributed by atoms with E-state index in [1.807, 2.05) is 32.0 Å². The van der Waals surface area contributed by atoms with Crippen LogP contribution in [0.3, 0.4) is 0 Å². The van der Waals surface area contributed by atoms with Crippen molar-refractivity contribution in [2.45, 2.75) is 44.0 Å². The lowest BCUT2D eigenvalue weighted by Crippen LogP contribution is -2.40. The number of nitrogens with one attached hydrogen (secondary N) is 1. The van der Waals surface area contributed by atoms with Crippen LogP contribution in [-0.4, -0.2) is 33.0 Å². The van der Waals surface area contributed by atoms with Gasteiger partial charge in [-0.15, -0.1) is 0 Å². The highest BCUT2D eigenvalue weighted by Crippen LogP contribution is 2.25. The van der Waals surface area contributed by atoms with E-state index in [-0.39, 0.29) is 6.04 Å². The van der Waals surface area contributed by atoms with Crippen LogP contribution in [0.2, 0.25) is 0 Å². The molecular formula is C19H26N2O3S. The molecule has 0 radical (unpaired) electrons. The molecule has 0 amide bonds. The molecule has 0 spiro atoms. The monoisotopic (exact) mass is 362 g/mol. The van der Waals surface area contributed by atoms with Crippen LogP contribution in [-0.2, 0) is 10.0 Å². The highest BCUT2D eigenvalue weighted by Gasteiger charge is 2.26. The minimum Gasteiger partial charge on any atom is -0.468 e. The Morgan fingerprint density at radius 2 is 1.88 bits per heavy atom. The van der Waals surface area contributed by atoms with Crippen LogP contribution in [0.1, 0.15) is 42.2 Å². The van der Waals surface area contributed by atoms with Crippen molar-refractivity contribution in [3.63, 3.8) is 0 Å². The summed E-state index contributed by atoms with van der Waals surface area (Å²) in [6.45, 7) is 6.15. The molecule has 5 nitrogen and oxygen atoms in total. The average molecular weight is 362 g/mol. The molecule has 136 valence electrons. The normalized spacial score (nSPS) is 17.5. The molecule has 0 bridgehead atoms. The first-order chi connectivity index (χ1) is 12.0. The van der Waals surface area contributed by atoms with Crippen molar-refractivity contribution in [1.29, 1.82) is 0 Å². The van der Waals surface area contributed by atoms with E-state index in [1.54, 1.807) is 18.4 Å². The molecule has 1 saturated heterocycles. The standard InChI is InChI=1S/C19H26N2O3S/c1-15-8-9-17(13-16(15)2)25(22,23)20-14-18(19-7-6-12-24-19)21-10-4-3-5-11-21/h6-9,12-13,18,20H,3-5,10-11,14H2,1-2H3. The van der Waals surface area contributed by atoms with Gasteiger partial charge in [0.05, 0.1) is 17.2 Å². The van der Waals surface area contributed by atoms with E-state index in [4.69, 9.17) is 4.42 Å². The van der Waals surface area contributed by atoms with Gasteiger partial charge in [0, 0.05) is 6.54 Å². The van der Waals surface area contributed by atoms with Crippen LogP contribution in [0.15, 0.2) is 45.9 Å². The maximum atomic E-state index is 12.7. The highest BCUT2D eigenvalue weighted by molar-refractivity contribution is 7.89. The first kappa shape index (κ1) is 18.2. The maximum Gasteiger partial charge on any atom is 0.240 e. The lowest BCUT2D eigenvalue weighted by atomic mass is 10.1. The largest absolute Gasteiger partial charge is 0.468 e. The zero-order chi connectivity index (χ0) is 17.9. The number of aryl methyl sites for hydroxylation is 2. The average Bonchev–Trinajstić information content (AvgIpc) is 3.12. The summed E-state index contributed by atoms with van der Waals surface area (Å²) in [5.74, 6) is 0.810. The molecule has 1 aliphatic rings. The molecule has 6 heteroatoms. The molecular weight excluding hydrogens is 336 g/mol. The topological polar surface area (TPSA) is 62.6 Å². The van der Waals surface area contributed by atoms with Crippen LogP contribution in [0.5, 0.6) is 0 Å². The fraction of sp³-hybridized carbons (Fsp3) is 0.474. The molecule has 25 heavy (non-hydrogen) atoms. The Morgan fingerprint density at radius 1 is 1.12 bits per heavy atom. The van der Waals surface area contributed by atoms with E-state index < -0.39 is 10.0 Å². The molecule has 1 N–H and O–H groups in total. The Kier molecular flexibility index (Phi) is 5.61. The highest BCUT2D eigenvalue weighted by atomic mass is 32.2. The summed E-state index contributed by atoms with van der Waals surface area (Å²) < 4.78 is 33.7. The quantitative estimate of drug-likeness (QED) is 0.855. The Bertz CT molecular complexity index is 794. The SMILES string of the molecule is Cc1ccc(S(=O)(=O)NCC(c2ccco2)N2CCCCC2)cc1C. The van der Waals surface area contributed by atoms with Gasteiger partial charge in [0.1, 0.15) is 5.76 Å². The van der Waals surface area contributed by atoms with Crippen molar-refractivity contribution in [2.24, 2.45) is 0 Å². The van der Waals surface area contributed by atoms with Gasteiger partial charge in [-0.3, -0.25) is 4.90 Å². The number of hydrogen-bond acceptors (Lipinski definition) is 4. The molecule has 1 fully saturated rings. The van der Waals surface area contributed by atoms with Crippen LogP contribution in [0.4, 0.5) is 0 Å². The minimum atomic E-state index is -3.54. The summed E-state index contributed by atoms with van der Waals surface area (Å²) in [7, 11) is -3.54. The van der Waals surface area contributed by atoms with Gasteiger partial charge in [-0.1, -0.05) is 12.5 Å². The molecule has 0 aliphatic carbocycles. The number of sulfonamides is 1. The molecule has 1 atom stereocenters. The maximum absolute atomic E-state index is 12.7. The van der Waals surface area contributed by atoms with Crippen molar-refractivity contribution in [1.82, 2.24) is 9.62 Å². The van der Waals surface area contributed by atoms with Gasteiger partial charge in [-0.25, -0.2) is 13.1 Å². The van der Waals surface area contributed by atoms with Crippen molar-refractivity contribution < 1.29 is 12.8 Å². The van der Waals surface area contributed by atoms with Gasteiger partial charge in [0.2, 0.25) is 10.0 Å². The first-order valence-electron chi connectivity index (χ1n) is 8.82. The fourth-order valence-corrected chi connectivity index (χ4v) is 4.40. The smallest absolute Gasteiger partial charge is 0.240 e. The Hall–Kier alpha value is -1.63. The number of furan rings is 1. The van der Waals surface area contributed by atoms with Crippen LogP contribution in [0.25, 0.3) is 0 Å². The van der Waals surface area contributed by atoms with Crippen molar-refractivity contribution >= 4 is 10.0 Å². The minimum absolute atomic E-state index is 0.0726. The fourth-order valence-electron chi connectivity index (χ4n) is 3.27. The van der Waals surface area contributed by atoms with Crippen molar-refractivity contribution in [2.75, 3.05) is 19.6 Å². The van der Waals surface area contributed by atoms with Crippen LogP contribution < -0.4 is 4.72 Å². The molecule has 1 unspecified atom stereocenters. The number of hydrogen-bond donors (Lipinski definition) is 1. The van der Waals surface area contributed by atoms with Gasteiger partial charge < -0.3 is 4.42 Å². The van der Waals surface area contributed by atoms with E-state index in [1.165, 1.54) is 6.42 Å². The molecule has 0 saturated carbocycles. The third kappa shape index (κ3) is 4.32. The lowest BCUT2D eigenvalue weighted by Gasteiger charge is -2.33. The summed E-state index contributed by atoms with van der Waals surface area (Å²) in [4.78, 5) is 2.62. The Balaban J connectivity index is 1.76. The second-order valence-corrected chi connectivity index (χ2v) is 8.49. The molecule has 2 aromatic rings.